The number of rotatable bonds is 3. The third-order valence-electron chi connectivity index (χ3n) is 4.86. The van der Waals surface area contributed by atoms with Crippen molar-refractivity contribution in [2.45, 2.75) is 23.8 Å². The van der Waals surface area contributed by atoms with E-state index in [4.69, 9.17) is 0 Å². The van der Waals surface area contributed by atoms with Gasteiger partial charge in [0.15, 0.2) is 0 Å². The Morgan fingerprint density at radius 3 is 2.58 bits per heavy atom. The Hall–Kier alpha value is -2.22. The topological polar surface area (TPSA) is 73.4 Å². The van der Waals surface area contributed by atoms with Gasteiger partial charge in [0, 0.05) is 35.8 Å². The van der Waals surface area contributed by atoms with Crippen molar-refractivity contribution < 1.29 is 17.9 Å². The van der Waals surface area contributed by atoms with Gasteiger partial charge in [-0.25, -0.2) is 12.8 Å². The molecule has 2 heterocycles. The van der Waals surface area contributed by atoms with Crippen molar-refractivity contribution in [1.82, 2.24) is 9.29 Å². The summed E-state index contributed by atoms with van der Waals surface area (Å²) in [5, 5.41) is 10.9. The van der Waals surface area contributed by atoms with Crippen LogP contribution in [0, 0.1) is 5.82 Å². The van der Waals surface area contributed by atoms with Crippen LogP contribution in [0.15, 0.2) is 53.6 Å². The van der Waals surface area contributed by atoms with Crippen molar-refractivity contribution in [3.8, 4) is 11.1 Å². The van der Waals surface area contributed by atoms with Crippen molar-refractivity contribution in [2.75, 3.05) is 13.1 Å². The van der Waals surface area contributed by atoms with Gasteiger partial charge >= 0.3 is 0 Å². The van der Waals surface area contributed by atoms with Crippen molar-refractivity contribution in [2.24, 2.45) is 0 Å². The van der Waals surface area contributed by atoms with Crippen LogP contribution in [0.4, 0.5) is 4.39 Å². The summed E-state index contributed by atoms with van der Waals surface area (Å²) in [5.74, 6) is -0.311. The monoisotopic (exact) mass is 374 g/mol. The molecule has 5 nitrogen and oxygen atoms in total. The second-order valence-corrected chi connectivity index (χ2v) is 8.94. The van der Waals surface area contributed by atoms with Crippen LogP contribution in [0.3, 0.4) is 0 Å². The van der Waals surface area contributed by atoms with Gasteiger partial charge in [-0.15, -0.1) is 0 Å². The highest BCUT2D eigenvalue weighted by molar-refractivity contribution is 7.89. The van der Waals surface area contributed by atoms with E-state index in [1.165, 1.54) is 16.4 Å². The average Bonchev–Trinajstić information content (AvgIpc) is 3.18. The highest BCUT2D eigenvalue weighted by Crippen LogP contribution is 2.31. The van der Waals surface area contributed by atoms with Crippen LogP contribution in [0.2, 0.25) is 0 Å². The first-order chi connectivity index (χ1) is 12.3. The molecule has 26 heavy (non-hydrogen) atoms. The quantitative estimate of drug-likeness (QED) is 0.740. The molecule has 0 amide bonds. The van der Waals surface area contributed by atoms with Crippen molar-refractivity contribution >= 4 is 20.9 Å². The van der Waals surface area contributed by atoms with E-state index in [0.717, 1.165) is 16.5 Å². The Bertz CT molecular complexity index is 1070. The summed E-state index contributed by atoms with van der Waals surface area (Å²) in [6.45, 7) is 2.06. The van der Waals surface area contributed by atoms with Crippen LogP contribution in [-0.2, 0) is 10.0 Å². The van der Waals surface area contributed by atoms with Crippen LogP contribution in [0.1, 0.15) is 13.3 Å². The maximum absolute atomic E-state index is 13.3. The van der Waals surface area contributed by atoms with Gasteiger partial charge in [0.2, 0.25) is 10.0 Å². The third kappa shape index (κ3) is 2.92. The predicted molar refractivity (Wildman–Crippen MR) is 97.7 cm³/mol. The summed E-state index contributed by atoms with van der Waals surface area (Å²) in [4.78, 5) is 3.23. The summed E-state index contributed by atoms with van der Waals surface area (Å²) >= 11 is 0. The third-order valence-corrected chi connectivity index (χ3v) is 6.72. The first-order valence-electron chi connectivity index (χ1n) is 8.36. The number of β-amino-alcohol motifs (C(OH)–C–C–N with tert-alkyl or cyclic N) is 1. The summed E-state index contributed by atoms with van der Waals surface area (Å²) in [6, 6.07) is 11.2. The molecule has 0 aliphatic carbocycles. The van der Waals surface area contributed by atoms with Crippen LogP contribution < -0.4 is 0 Å². The van der Waals surface area contributed by atoms with Gasteiger partial charge < -0.3 is 10.1 Å². The van der Waals surface area contributed by atoms with Crippen LogP contribution in [0.25, 0.3) is 22.0 Å². The highest BCUT2D eigenvalue weighted by Gasteiger charge is 2.38. The van der Waals surface area contributed by atoms with Crippen LogP contribution in [0.5, 0.6) is 0 Å². The number of sulfonamides is 1. The van der Waals surface area contributed by atoms with Gasteiger partial charge in [-0.2, -0.15) is 4.31 Å². The SMILES string of the molecule is CC1(O)CCN(S(=O)(=O)c2ccc(-c3c[nH]c4cc(F)ccc34)cc2)C1. The number of hydrogen-bond acceptors (Lipinski definition) is 3. The Labute approximate surface area is 151 Å². The average molecular weight is 374 g/mol. The minimum Gasteiger partial charge on any atom is -0.389 e. The maximum atomic E-state index is 13.3. The fourth-order valence-corrected chi connectivity index (χ4v) is 4.96. The zero-order valence-corrected chi connectivity index (χ0v) is 15.1. The number of aliphatic hydroxyl groups is 1. The molecule has 136 valence electrons. The number of benzene rings is 2. The van der Waals surface area contributed by atoms with Gasteiger partial charge in [0.25, 0.3) is 0 Å². The first kappa shape index (κ1) is 17.2. The zero-order valence-electron chi connectivity index (χ0n) is 14.2. The van der Waals surface area contributed by atoms with E-state index in [9.17, 15) is 17.9 Å². The number of fused-ring (bicyclic) bond motifs is 1. The number of H-pyrrole nitrogens is 1. The Kier molecular flexibility index (Phi) is 3.91. The number of aromatic nitrogens is 1. The summed E-state index contributed by atoms with van der Waals surface area (Å²) in [6.07, 6.45) is 2.21. The van der Waals surface area contributed by atoms with E-state index in [0.29, 0.717) is 18.5 Å². The Morgan fingerprint density at radius 1 is 1.19 bits per heavy atom. The Balaban J connectivity index is 1.66. The number of halogens is 1. The number of nitrogens with zero attached hydrogens (tertiary/aromatic N) is 1. The van der Waals surface area contributed by atoms with Gasteiger partial charge in [0.1, 0.15) is 5.82 Å². The normalized spacial score (nSPS) is 21.5. The van der Waals surface area contributed by atoms with E-state index < -0.39 is 15.6 Å². The Morgan fingerprint density at radius 2 is 1.92 bits per heavy atom. The molecule has 1 unspecified atom stereocenters. The van der Waals surface area contributed by atoms with E-state index in [1.807, 2.05) is 0 Å². The molecule has 0 saturated carbocycles. The fraction of sp³-hybridized carbons (Fsp3) is 0.263. The predicted octanol–water partition coefficient (Wildman–Crippen LogP) is 3.12. The van der Waals surface area contributed by atoms with Crippen LogP contribution in [-0.4, -0.2) is 41.5 Å². The minimum atomic E-state index is -3.63. The second-order valence-electron chi connectivity index (χ2n) is 7.00. The highest BCUT2D eigenvalue weighted by atomic mass is 32.2. The van der Waals surface area contributed by atoms with Gasteiger partial charge in [-0.1, -0.05) is 12.1 Å². The molecule has 4 rings (SSSR count). The molecule has 7 heteroatoms. The lowest BCUT2D eigenvalue weighted by Gasteiger charge is -2.19. The maximum Gasteiger partial charge on any atom is 0.243 e. The molecule has 2 N–H and O–H groups in total. The van der Waals surface area contributed by atoms with E-state index in [1.54, 1.807) is 43.5 Å². The molecule has 3 aromatic rings. The van der Waals surface area contributed by atoms with E-state index >= 15 is 0 Å². The standard InChI is InChI=1S/C19H19FN2O3S/c1-19(23)8-9-22(12-19)26(24,25)15-5-2-13(3-6-15)17-11-21-18-10-14(20)4-7-16(17)18/h2-7,10-11,21,23H,8-9,12H2,1H3. The summed E-state index contributed by atoms with van der Waals surface area (Å²) < 4.78 is 40.1. The van der Waals surface area contributed by atoms with Crippen molar-refractivity contribution in [1.29, 1.82) is 0 Å². The molecule has 1 atom stereocenters. The molecular formula is C19H19FN2O3S. The van der Waals surface area contributed by atoms with Crippen molar-refractivity contribution in [3.05, 3.63) is 54.5 Å². The number of hydrogen-bond donors (Lipinski definition) is 2. The first-order valence-corrected chi connectivity index (χ1v) is 9.80. The smallest absolute Gasteiger partial charge is 0.243 e. The largest absolute Gasteiger partial charge is 0.389 e. The fourth-order valence-electron chi connectivity index (χ4n) is 3.40. The minimum absolute atomic E-state index is 0.102. The van der Waals surface area contributed by atoms with Crippen LogP contribution >= 0.6 is 0 Å². The van der Waals surface area contributed by atoms with E-state index in [-0.39, 0.29) is 17.3 Å². The lowest BCUT2D eigenvalue weighted by Crippen LogP contribution is -2.33. The molecule has 0 radical (unpaired) electrons. The molecule has 1 saturated heterocycles. The molecule has 1 aromatic heterocycles. The molecule has 2 aromatic carbocycles. The molecule has 1 aliphatic rings. The number of aromatic amines is 1. The molecule has 0 bridgehead atoms. The summed E-state index contributed by atoms with van der Waals surface area (Å²) in [5.41, 5.74) is 1.44. The lowest BCUT2D eigenvalue weighted by molar-refractivity contribution is 0.0762. The van der Waals surface area contributed by atoms with Gasteiger partial charge in [-0.3, -0.25) is 0 Å². The van der Waals surface area contributed by atoms with E-state index in [2.05, 4.69) is 4.98 Å². The molecular weight excluding hydrogens is 355 g/mol. The van der Waals surface area contributed by atoms with Crippen molar-refractivity contribution in [3.63, 3.8) is 0 Å². The lowest BCUT2D eigenvalue weighted by atomic mass is 10.1. The molecule has 0 spiro atoms. The summed E-state index contributed by atoms with van der Waals surface area (Å²) in [7, 11) is -3.63. The number of nitrogens with one attached hydrogen (secondary N) is 1. The molecule has 1 aliphatic heterocycles. The molecule has 1 fully saturated rings. The zero-order chi connectivity index (χ0) is 18.5. The van der Waals surface area contributed by atoms with Gasteiger partial charge in [0.05, 0.1) is 10.5 Å². The van der Waals surface area contributed by atoms with Gasteiger partial charge in [-0.05, 0) is 49.2 Å². The second kappa shape index (κ2) is 5.90.